The van der Waals surface area contributed by atoms with Crippen molar-refractivity contribution in [3.8, 4) is 0 Å². The molecule has 1 heterocycles. The second-order valence-corrected chi connectivity index (χ2v) is 4.01. The molecule has 1 fully saturated rings. The van der Waals surface area contributed by atoms with Gasteiger partial charge in [-0.1, -0.05) is 0 Å². The number of rotatable bonds is 3. The summed E-state index contributed by atoms with van der Waals surface area (Å²) in [7, 11) is 1.86. The third-order valence-corrected chi connectivity index (χ3v) is 2.92. The van der Waals surface area contributed by atoms with Crippen LogP contribution in [0, 0.1) is 0 Å². The Morgan fingerprint density at radius 2 is 2.07 bits per heavy atom. The molecule has 0 spiro atoms. The number of carbonyl (C=O) groups is 1. The lowest BCUT2D eigenvalue weighted by molar-refractivity contribution is 0.157. The summed E-state index contributed by atoms with van der Waals surface area (Å²) in [6.45, 7) is 4.51. The van der Waals surface area contributed by atoms with Crippen LogP contribution in [0.1, 0.15) is 26.2 Å². The first-order valence-electron chi connectivity index (χ1n) is 5.38. The van der Waals surface area contributed by atoms with E-state index in [4.69, 9.17) is 5.73 Å². The molecule has 1 unspecified atom stereocenters. The Labute approximate surface area is 86.0 Å². The highest BCUT2D eigenvalue weighted by Gasteiger charge is 2.23. The fourth-order valence-electron chi connectivity index (χ4n) is 1.75. The van der Waals surface area contributed by atoms with Crippen LogP contribution in [0.4, 0.5) is 4.79 Å². The highest BCUT2D eigenvalue weighted by Crippen LogP contribution is 2.12. The van der Waals surface area contributed by atoms with Gasteiger partial charge in [0.15, 0.2) is 0 Å². The van der Waals surface area contributed by atoms with Gasteiger partial charge >= 0.3 is 6.03 Å². The number of likely N-dealkylation sites (tertiary alicyclic amines) is 1. The molecule has 1 aliphatic heterocycles. The zero-order valence-corrected chi connectivity index (χ0v) is 9.20. The highest BCUT2D eigenvalue weighted by molar-refractivity contribution is 5.74. The zero-order valence-electron chi connectivity index (χ0n) is 9.20. The van der Waals surface area contributed by atoms with Crippen molar-refractivity contribution < 1.29 is 4.79 Å². The molecule has 1 atom stereocenters. The van der Waals surface area contributed by atoms with Gasteiger partial charge in [0.2, 0.25) is 0 Å². The second-order valence-electron chi connectivity index (χ2n) is 4.01. The molecule has 14 heavy (non-hydrogen) atoms. The molecular weight excluding hydrogens is 178 g/mol. The molecule has 2 amide bonds. The van der Waals surface area contributed by atoms with Crippen LogP contribution in [0.5, 0.6) is 0 Å². The molecule has 0 bridgehead atoms. The van der Waals surface area contributed by atoms with E-state index in [0.29, 0.717) is 6.54 Å². The number of hydrogen-bond acceptors (Lipinski definition) is 2. The van der Waals surface area contributed by atoms with Crippen LogP contribution >= 0.6 is 0 Å². The Morgan fingerprint density at radius 1 is 1.50 bits per heavy atom. The largest absolute Gasteiger partial charge is 0.330 e. The minimum atomic E-state index is 0.156. The Morgan fingerprint density at radius 3 is 2.57 bits per heavy atom. The third kappa shape index (κ3) is 2.61. The van der Waals surface area contributed by atoms with Crippen molar-refractivity contribution in [2.24, 2.45) is 5.73 Å². The maximum atomic E-state index is 11.9. The van der Waals surface area contributed by atoms with Gasteiger partial charge < -0.3 is 15.5 Å². The van der Waals surface area contributed by atoms with Crippen molar-refractivity contribution in [3.05, 3.63) is 0 Å². The minimum absolute atomic E-state index is 0.156. The summed E-state index contributed by atoms with van der Waals surface area (Å²) in [5.74, 6) is 0. The van der Waals surface area contributed by atoms with Gasteiger partial charge in [0, 0.05) is 26.2 Å². The molecule has 1 saturated heterocycles. The average molecular weight is 199 g/mol. The summed E-state index contributed by atoms with van der Waals surface area (Å²) in [4.78, 5) is 15.6. The van der Waals surface area contributed by atoms with Gasteiger partial charge in [0.25, 0.3) is 0 Å². The Kier molecular flexibility index (Phi) is 4.20. The number of nitrogens with zero attached hydrogens (tertiary/aromatic N) is 2. The van der Waals surface area contributed by atoms with Crippen LogP contribution < -0.4 is 5.73 Å². The van der Waals surface area contributed by atoms with Gasteiger partial charge in [-0.15, -0.1) is 0 Å². The monoisotopic (exact) mass is 199 g/mol. The molecule has 0 aromatic heterocycles. The summed E-state index contributed by atoms with van der Waals surface area (Å²) in [6.07, 6.45) is 3.16. The van der Waals surface area contributed by atoms with Crippen LogP contribution in [-0.4, -0.2) is 48.6 Å². The van der Waals surface area contributed by atoms with Crippen LogP contribution in [0.25, 0.3) is 0 Å². The molecule has 0 aromatic rings. The first kappa shape index (κ1) is 11.3. The summed E-state index contributed by atoms with van der Waals surface area (Å²) in [6, 6.07) is 0.400. The van der Waals surface area contributed by atoms with E-state index in [0.717, 1.165) is 32.4 Å². The second kappa shape index (κ2) is 5.20. The highest BCUT2D eigenvalue weighted by atomic mass is 16.2. The van der Waals surface area contributed by atoms with Crippen LogP contribution in [-0.2, 0) is 0 Å². The predicted octanol–water partition coefficient (Wildman–Crippen LogP) is 0.871. The van der Waals surface area contributed by atoms with E-state index in [1.165, 1.54) is 0 Å². The molecule has 0 radical (unpaired) electrons. The Hall–Kier alpha value is -0.770. The number of hydrogen-bond donors (Lipinski definition) is 1. The Bertz CT molecular complexity index is 190. The third-order valence-electron chi connectivity index (χ3n) is 2.92. The van der Waals surface area contributed by atoms with E-state index in [2.05, 4.69) is 0 Å². The van der Waals surface area contributed by atoms with Crippen molar-refractivity contribution in [1.82, 2.24) is 9.80 Å². The topological polar surface area (TPSA) is 49.6 Å². The summed E-state index contributed by atoms with van der Waals surface area (Å²) < 4.78 is 0. The lowest BCUT2D eigenvalue weighted by atomic mass is 10.2. The minimum Gasteiger partial charge on any atom is -0.330 e. The van der Waals surface area contributed by atoms with Gasteiger partial charge in [-0.05, 0) is 32.7 Å². The molecular formula is C10H21N3O. The normalized spacial score (nSPS) is 18.4. The van der Waals surface area contributed by atoms with E-state index >= 15 is 0 Å². The van der Waals surface area contributed by atoms with Crippen LogP contribution in [0.2, 0.25) is 0 Å². The van der Waals surface area contributed by atoms with Crippen molar-refractivity contribution in [1.29, 1.82) is 0 Å². The number of nitrogens with two attached hydrogens (primary N) is 1. The van der Waals surface area contributed by atoms with Crippen molar-refractivity contribution in [2.75, 3.05) is 26.7 Å². The summed E-state index contributed by atoms with van der Waals surface area (Å²) in [5, 5.41) is 0. The SMILES string of the molecule is CC(CCN)N(C)C(=O)N1CCCC1. The fraction of sp³-hybridized carbons (Fsp3) is 0.900. The molecule has 1 rings (SSSR count). The first-order chi connectivity index (χ1) is 6.66. The van der Waals surface area contributed by atoms with E-state index in [-0.39, 0.29) is 12.1 Å². The van der Waals surface area contributed by atoms with Gasteiger partial charge in [-0.3, -0.25) is 0 Å². The molecule has 2 N–H and O–H groups in total. The lowest BCUT2D eigenvalue weighted by Gasteiger charge is -2.29. The maximum Gasteiger partial charge on any atom is 0.319 e. The maximum absolute atomic E-state index is 11.9. The smallest absolute Gasteiger partial charge is 0.319 e. The molecule has 4 nitrogen and oxygen atoms in total. The molecule has 4 heteroatoms. The van der Waals surface area contributed by atoms with Gasteiger partial charge in [0.1, 0.15) is 0 Å². The summed E-state index contributed by atoms with van der Waals surface area (Å²) >= 11 is 0. The van der Waals surface area contributed by atoms with E-state index < -0.39 is 0 Å². The molecule has 0 saturated carbocycles. The van der Waals surface area contributed by atoms with Crippen molar-refractivity contribution in [2.45, 2.75) is 32.2 Å². The van der Waals surface area contributed by atoms with Crippen LogP contribution in [0.3, 0.4) is 0 Å². The first-order valence-corrected chi connectivity index (χ1v) is 5.38. The zero-order chi connectivity index (χ0) is 10.6. The fourth-order valence-corrected chi connectivity index (χ4v) is 1.75. The van der Waals surface area contributed by atoms with Crippen molar-refractivity contribution >= 4 is 6.03 Å². The number of urea groups is 1. The molecule has 82 valence electrons. The quantitative estimate of drug-likeness (QED) is 0.733. The number of amides is 2. The molecule has 0 aliphatic carbocycles. The standard InChI is InChI=1S/C10H21N3O/c1-9(5-6-11)12(2)10(14)13-7-3-4-8-13/h9H,3-8,11H2,1-2H3. The molecule has 1 aliphatic rings. The summed E-state index contributed by atoms with van der Waals surface area (Å²) in [5.41, 5.74) is 5.47. The van der Waals surface area contributed by atoms with E-state index in [1.807, 2.05) is 18.9 Å². The van der Waals surface area contributed by atoms with Crippen molar-refractivity contribution in [3.63, 3.8) is 0 Å². The lowest BCUT2D eigenvalue weighted by Crippen LogP contribution is -2.44. The van der Waals surface area contributed by atoms with Gasteiger partial charge in [-0.2, -0.15) is 0 Å². The number of carbonyl (C=O) groups excluding carboxylic acids is 1. The predicted molar refractivity (Wildman–Crippen MR) is 57.1 cm³/mol. The Balaban J connectivity index is 2.42. The molecule has 0 aromatic carbocycles. The van der Waals surface area contributed by atoms with Gasteiger partial charge in [0.05, 0.1) is 0 Å². The van der Waals surface area contributed by atoms with E-state index in [9.17, 15) is 4.79 Å². The van der Waals surface area contributed by atoms with E-state index in [1.54, 1.807) is 4.90 Å². The average Bonchev–Trinajstić information content (AvgIpc) is 2.68. The van der Waals surface area contributed by atoms with Gasteiger partial charge in [-0.25, -0.2) is 4.79 Å². The van der Waals surface area contributed by atoms with Crippen LogP contribution in [0.15, 0.2) is 0 Å².